The molecule has 2 aliphatic heterocycles. The van der Waals surface area contributed by atoms with Crippen molar-refractivity contribution in [3.8, 4) is 0 Å². The zero-order valence-corrected chi connectivity index (χ0v) is 13.1. The lowest BCUT2D eigenvalue weighted by molar-refractivity contribution is 0.0904. The first-order chi connectivity index (χ1) is 10.2. The maximum atomic E-state index is 5.41. The van der Waals surface area contributed by atoms with Crippen LogP contribution in [0.1, 0.15) is 19.3 Å². The highest BCUT2D eigenvalue weighted by Gasteiger charge is 2.23. The quantitative estimate of drug-likeness (QED) is 0.919. The van der Waals surface area contributed by atoms with Crippen molar-refractivity contribution in [2.24, 2.45) is 0 Å². The van der Waals surface area contributed by atoms with E-state index in [1.54, 1.807) is 0 Å². The first-order valence-corrected chi connectivity index (χ1v) is 8.00. The molecule has 0 aliphatic carbocycles. The molecule has 2 fully saturated rings. The van der Waals surface area contributed by atoms with Gasteiger partial charge in [0.15, 0.2) is 0 Å². The van der Waals surface area contributed by atoms with Crippen molar-refractivity contribution in [2.75, 3.05) is 50.6 Å². The van der Waals surface area contributed by atoms with Gasteiger partial charge in [-0.2, -0.15) is 0 Å². The largest absolute Gasteiger partial charge is 0.382 e. The highest BCUT2D eigenvalue weighted by Crippen LogP contribution is 2.24. The number of rotatable bonds is 4. The van der Waals surface area contributed by atoms with Crippen LogP contribution in [0.3, 0.4) is 0 Å². The maximum absolute atomic E-state index is 5.41. The molecule has 21 heavy (non-hydrogen) atoms. The molecule has 2 aliphatic rings. The topological polar surface area (TPSA) is 27.7 Å². The molecule has 0 amide bonds. The van der Waals surface area contributed by atoms with Crippen LogP contribution >= 0.6 is 0 Å². The number of nitrogens with zero attached hydrogens (tertiary/aromatic N) is 2. The number of likely N-dealkylation sites (tertiary alicyclic amines) is 1. The molecule has 0 bridgehead atoms. The summed E-state index contributed by atoms with van der Waals surface area (Å²) in [5, 5.41) is 3.60. The normalized spacial score (nSPS) is 24.2. The smallest absolute Gasteiger partial charge is 0.0485 e. The van der Waals surface area contributed by atoms with Gasteiger partial charge in [0.05, 0.1) is 0 Å². The molecular formula is C17H26N3O. The van der Waals surface area contributed by atoms with Crippen LogP contribution in [0, 0.1) is 6.07 Å². The zero-order chi connectivity index (χ0) is 14.7. The molecule has 2 heterocycles. The Hall–Kier alpha value is -1.26. The molecule has 115 valence electrons. The van der Waals surface area contributed by atoms with Gasteiger partial charge in [0.2, 0.25) is 0 Å². The summed E-state index contributed by atoms with van der Waals surface area (Å²) in [6.07, 6.45) is 3.41. The van der Waals surface area contributed by atoms with E-state index in [2.05, 4.69) is 47.4 Å². The van der Waals surface area contributed by atoms with Crippen LogP contribution in [0.25, 0.3) is 0 Å². The minimum atomic E-state index is 0.521. The predicted octanol–water partition coefficient (Wildman–Crippen LogP) is 2.22. The fourth-order valence-corrected chi connectivity index (χ4v) is 3.26. The molecule has 1 unspecified atom stereocenters. The lowest BCUT2D eigenvalue weighted by atomic mass is 10.1. The molecule has 0 saturated carbocycles. The molecule has 3 rings (SSSR count). The van der Waals surface area contributed by atoms with Crippen molar-refractivity contribution >= 4 is 11.4 Å². The van der Waals surface area contributed by atoms with E-state index in [9.17, 15) is 0 Å². The summed E-state index contributed by atoms with van der Waals surface area (Å²) in [7, 11) is 4.40. The molecule has 4 nitrogen and oxygen atoms in total. The van der Waals surface area contributed by atoms with Gasteiger partial charge in [-0.15, -0.1) is 0 Å². The molecule has 0 spiro atoms. The average Bonchev–Trinajstić information content (AvgIpc) is 2.94. The SMILES string of the molecule is CN1CCC(N(C)c2cc[c]c(NC3CCOCC3)c2)C1. The first-order valence-electron chi connectivity index (χ1n) is 8.00. The fourth-order valence-electron chi connectivity index (χ4n) is 3.26. The second-order valence-corrected chi connectivity index (χ2v) is 6.31. The Morgan fingerprint density at radius 3 is 2.86 bits per heavy atom. The summed E-state index contributed by atoms with van der Waals surface area (Å²) in [6, 6.07) is 10.9. The number of likely N-dealkylation sites (N-methyl/N-ethyl adjacent to an activating group) is 2. The van der Waals surface area contributed by atoms with Crippen LogP contribution in [-0.4, -0.2) is 57.4 Å². The van der Waals surface area contributed by atoms with E-state index in [0.29, 0.717) is 12.1 Å². The van der Waals surface area contributed by atoms with Gasteiger partial charge in [-0.05, 0) is 45.0 Å². The van der Waals surface area contributed by atoms with Crippen LogP contribution < -0.4 is 10.2 Å². The summed E-state index contributed by atoms with van der Waals surface area (Å²) < 4.78 is 5.41. The molecule has 4 heteroatoms. The van der Waals surface area contributed by atoms with Crippen LogP contribution in [0.2, 0.25) is 0 Å². The number of anilines is 2. The maximum Gasteiger partial charge on any atom is 0.0485 e. The summed E-state index contributed by atoms with van der Waals surface area (Å²) in [5.74, 6) is 0. The minimum absolute atomic E-state index is 0.521. The van der Waals surface area contributed by atoms with Crippen molar-refractivity contribution in [3.05, 3.63) is 24.3 Å². The summed E-state index contributed by atoms with van der Waals surface area (Å²) in [5.41, 5.74) is 2.39. The second kappa shape index (κ2) is 6.67. The zero-order valence-electron chi connectivity index (χ0n) is 13.1. The average molecular weight is 288 g/mol. The summed E-state index contributed by atoms with van der Waals surface area (Å²) in [4.78, 5) is 4.81. The number of hydrogen-bond acceptors (Lipinski definition) is 4. The van der Waals surface area contributed by atoms with E-state index in [0.717, 1.165) is 38.3 Å². The van der Waals surface area contributed by atoms with Crippen LogP contribution in [0.15, 0.2) is 18.2 Å². The monoisotopic (exact) mass is 288 g/mol. The summed E-state index contributed by atoms with van der Waals surface area (Å²) >= 11 is 0. The van der Waals surface area contributed by atoms with E-state index in [1.165, 1.54) is 18.7 Å². The van der Waals surface area contributed by atoms with Gasteiger partial charge < -0.3 is 19.9 Å². The second-order valence-electron chi connectivity index (χ2n) is 6.31. The molecule has 2 saturated heterocycles. The number of benzene rings is 1. The van der Waals surface area contributed by atoms with Gasteiger partial charge in [0.1, 0.15) is 0 Å². The van der Waals surface area contributed by atoms with Gasteiger partial charge in [0, 0.05) is 56.3 Å². The Morgan fingerprint density at radius 1 is 1.33 bits per heavy atom. The lowest BCUT2D eigenvalue weighted by Crippen LogP contribution is -2.33. The Balaban J connectivity index is 1.64. The van der Waals surface area contributed by atoms with E-state index in [-0.39, 0.29) is 0 Å². The number of nitrogens with one attached hydrogen (secondary N) is 1. The van der Waals surface area contributed by atoms with Crippen molar-refractivity contribution in [1.29, 1.82) is 0 Å². The number of ether oxygens (including phenoxy) is 1. The third kappa shape index (κ3) is 3.69. The molecule has 0 aromatic heterocycles. The fraction of sp³-hybridized carbons (Fsp3) is 0.647. The highest BCUT2D eigenvalue weighted by molar-refractivity contribution is 5.58. The van der Waals surface area contributed by atoms with Crippen LogP contribution in [0.4, 0.5) is 11.4 Å². The van der Waals surface area contributed by atoms with Crippen LogP contribution in [-0.2, 0) is 4.74 Å². The van der Waals surface area contributed by atoms with Crippen LogP contribution in [0.5, 0.6) is 0 Å². The van der Waals surface area contributed by atoms with E-state index < -0.39 is 0 Å². The number of hydrogen-bond donors (Lipinski definition) is 1. The first kappa shape index (κ1) is 14.7. The highest BCUT2D eigenvalue weighted by atomic mass is 16.5. The third-order valence-corrected chi connectivity index (χ3v) is 4.69. The Labute approximate surface area is 128 Å². The molecule has 1 aromatic carbocycles. The van der Waals surface area contributed by atoms with E-state index in [4.69, 9.17) is 4.74 Å². The van der Waals surface area contributed by atoms with Crippen molar-refractivity contribution in [3.63, 3.8) is 0 Å². The van der Waals surface area contributed by atoms with E-state index >= 15 is 0 Å². The third-order valence-electron chi connectivity index (χ3n) is 4.69. The molecular weight excluding hydrogens is 262 g/mol. The minimum Gasteiger partial charge on any atom is -0.382 e. The molecule has 1 N–H and O–H groups in total. The predicted molar refractivity (Wildman–Crippen MR) is 87.0 cm³/mol. The molecule has 1 atom stereocenters. The Morgan fingerprint density at radius 2 is 2.14 bits per heavy atom. The van der Waals surface area contributed by atoms with E-state index in [1.807, 2.05) is 6.07 Å². The van der Waals surface area contributed by atoms with Crippen molar-refractivity contribution in [1.82, 2.24) is 4.90 Å². The van der Waals surface area contributed by atoms with Gasteiger partial charge in [-0.3, -0.25) is 0 Å². The van der Waals surface area contributed by atoms with Gasteiger partial charge >= 0.3 is 0 Å². The Bertz CT molecular complexity index is 459. The van der Waals surface area contributed by atoms with Gasteiger partial charge in [0.25, 0.3) is 0 Å². The standard InChI is InChI=1S/C17H26N3O/c1-19-9-6-17(13-19)20(2)16-5-3-4-15(12-16)18-14-7-10-21-11-8-14/h3,5,12,14,17-18H,6-11,13H2,1-2H3. The van der Waals surface area contributed by atoms with Gasteiger partial charge in [-0.25, -0.2) is 0 Å². The molecule has 1 aromatic rings. The lowest BCUT2D eigenvalue weighted by Gasteiger charge is -2.28. The van der Waals surface area contributed by atoms with Crippen molar-refractivity contribution < 1.29 is 4.74 Å². The summed E-state index contributed by atoms with van der Waals surface area (Å²) in [6.45, 7) is 4.08. The van der Waals surface area contributed by atoms with Crippen molar-refractivity contribution in [2.45, 2.75) is 31.3 Å². The molecule has 1 radical (unpaired) electrons. The van der Waals surface area contributed by atoms with Gasteiger partial charge in [-0.1, -0.05) is 6.07 Å². The Kier molecular flexibility index (Phi) is 4.66.